The highest BCUT2D eigenvalue weighted by molar-refractivity contribution is 4.40. The second kappa shape index (κ2) is 4.69. The van der Waals surface area contributed by atoms with E-state index in [1.54, 1.807) is 4.90 Å². The summed E-state index contributed by atoms with van der Waals surface area (Å²) in [6.45, 7) is 11.3. The second-order valence-electron chi connectivity index (χ2n) is 3.49. The molecule has 0 amide bonds. The van der Waals surface area contributed by atoms with Crippen LogP contribution < -0.4 is 10.6 Å². The Hall–Kier alpha value is -0.0800. The lowest BCUT2D eigenvalue weighted by Crippen LogP contribution is -3.19. The predicted octanol–water partition coefficient (Wildman–Crippen LogP) is -1.07. The zero-order valence-corrected chi connectivity index (χ0v) is 7.78. The van der Waals surface area contributed by atoms with Gasteiger partial charge in [0, 0.05) is 0 Å². The lowest BCUT2D eigenvalue weighted by molar-refractivity contribution is -0.946. The summed E-state index contributed by atoms with van der Waals surface area (Å²) in [5, 5.41) is 0. The summed E-state index contributed by atoms with van der Waals surface area (Å²) in [4.78, 5) is 1.66. The summed E-state index contributed by atoms with van der Waals surface area (Å²) in [6.07, 6.45) is 0. The Morgan fingerprint density at radius 2 is 1.50 bits per heavy atom. The van der Waals surface area contributed by atoms with Gasteiger partial charge in [0.05, 0.1) is 12.1 Å². The van der Waals surface area contributed by atoms with Crippen molar-refractivity contribution in [3.05, 3.63) is 0 Å². The van der Waals surface area contributed by atoms with Crippen LogP contribution in [0, 0.1) is 0 Å². The Morgan fingerprint density at radius 1 is 1.10 bits per heavy atom. The molecular weight excluding hydrogens is 124 g/mol. The molecule has 0 saturated carbocycles. The van der Waals surface area contributed by atoms with Crippen molar-refractivity contribution in [1.82, 2.24) is 0 Å². The van der Waals surface area contributed by atoms with E-state index < -0.39 is 0 Å². The minimum absolute atomic E-state index is 0.738. The Morgan fingerprint density at radius 3 is 1.60 bits per heavy atom. The van der Waals surface area contributed by atoms with Crippen molar-refractivity contribution in [2.75, 3.05) is 13.1 Å². The first-order chi connectivity index (χ1) is 4.59. The Labute approximate surface area is 64.4 Å². The van der Waals surface area contributed by atoms with Gasteiger partial charge in [-0.15, -0.1) is 0 Å². The molecule has 0 fully saturated rings. The highest BCUT2D eigenvalue weighted by atomic mass is 15.2. The van der Waals surface area contributed by atoms with Gasteiger partial charge in [0.25, 0.3) is 0 Å². The zero-order valence-electron chi connectivity index (χ0n) is 7.78. The molecule has 0 heterocycles. The molecule has 0 aliphatic rings. The molecular formula is C8H22N2+2. The number of hydrogen-bond acceptors (Lipinski definition) is 0. The van der Waals surface area contributed by atoms with Crippen LogP contribution in [-0.4, -0.2) is 25.2 Å². The van der Waals surface area contributed by atoms with E-state index in [1.165, 1.54) is 6.54 Å². The maximum absolute atomic E-state index is 3.87. The van der Waals surface area contributed by atoms with Crippen LogP contribution >= 0.6 is 0 Å². The van der Waals surface area contributed by atoms with Crippen LogP contribution in [0.4, 0.5) is 0 Å². The molecule has 0 saturated heterocycles. The van der Waals surface area contributed by atoms with Crippen LogP contribution in [-0.2, 0) is 0 Å². The highest BCUT2D eigenvalue weighted by Crippen LogP contribution is 1.74. The van der Waals surface area contributed by atoms with Crippen molar-refractivity contribution in [3.8, 4) is 0 Å². The summed E-state index contributed by atoms with van der Waals surface area (Å²) in [5.74, 6) is 0. The van der Waals surface area contributed by atoms with Gasteiger partial charge in [-0.1, -0.05) is 0 Å². The normalized spacial score (nSPS) is 12.0. The fraction of sp³-hybridized carbons (Fsp3) is 1.00. The van der Waals surface area contributed by atoms with Crippen molar-refractivity contribution >= 4 is 0 Å². The third-order valence-electron chi connectivity index (χ3n) is 1.95. The summed E-state index contributed by atoms with van der Waals surface area (Å²) in [5.41, 5.74) is 3.87. The smallest absolute Gasteiger partial charge is 0.127 e. The minimum atomic E-state index is 0.738. The van der Waals surface area contributed by atoms with E-state index in [2.05, 4.69) is 33.4 Å². The Balaban J connectivity index is 3.73. The molecule has 0 spiro atoms. The first kappa shape index (κ1) is 9.92. The molecule has 2 heteroatoms. The van der Waals surface area contributed by atoms with E-state index in [4.69, 9.17) is 0 Å². The van der Waals surface area contributed by atoms with Gasteiger partial charge in [-0.05, 0) is 27.7 Å². The molecule has 0 aliphatic carbocycles. The number of nitrogens with one attached hydrogen (secondary N) is 1. The lowest BCUT2D eigenvalue weighted by atomic mass is 10.2. The average Bonchev–Trinajstić information content (AvgIpc) is 1.81. The van der Waals surface area contributed by atoms with Gasteiger partial charge in [-0.3, -0.25) is 0 Å². The average molecular weight is 146 g/mol. The van der Waals surface area contributed by atoms with Gasteiger partial charge in [-0.25, -0.2) is 0 Å². The maximum Gasteiger partial charge on any atom is 0.127 e. The van der Waals surface area contributed by atoms with Crippen molar-refractivity contribution in [3.63, 3.8) is 0 Å². The fourth-order valence-corrected chi connectivity index (χ4v) is 1.45. The predicted molar refractivity (Wildman–Crippen MR) is 43.9 cm³/mol. The lowest BCUT2D eigenvalue weighted by Gasteiger charge is -2.25. The molecule has 0 aromatic carbocycles. The fourth-order valence-electron chi connectivity index (χ4n) is 1.45. The van der Waals surface area contributed by atoms with Crippen LogP contribution in [0.25, 0.3) is 0 Å². The topological polar surface area (TPSA) is 32.1 Å². The first-order valence-corrected chi connectivity index (χ1v) is 4.24. The van der Waals surface area contributed by atoms with Gasteiger partial charge in [0.15, 0.2) is 0 Å². The van der Waals surface area contributed by atoms with E-state index in [-0.39, 0.29) is 0 Å². The first-order valence-electron chi connectivity index (χ1n) is 4.24. The Kier molecular flexibility index (Phi) is 4.65. The highest BCUT2D eigenvalue weighted by Gasteiger charge is 2.15. The minimum Gasteiger partial charge on any atom is -0.353 e. The van der Waals surface area contributed by atoms with Crippen molar-refractivity contribution in [2.24, 2.45) is 0 Å². The molecule has 0 rings (SSSR count). The van der Waals surface area contributed by atoms with Crippen molar-refractivity contribution < 1.29 is 10.6 Å². The standard InChI is InChI=1S/C8H20N2/c1-7(2)10(6-5-9)8(3)4/h7-8H,5-6,9H2,1-4H3/p+2. The summed E-state index contributed by atoms with van der Waals surface area (Å²) in [6, 6.07) is 1.48. The molecule has 0 unspecified atom stereocenters. The monoisotopic (exact) mass is 146 g/mol. The van der Waals surface area contributed by atoms with E-state index in [1.807, 2.05) is 0 Å². The summed E-state index contributed by atoms with van der Waals surface area (Å²) >= 11 is 0. The third-order valence-corrected chi connectivity index (χ3v) is 1.95. The molecule has 10 heavy (non-hydrogen) atoms. The van der Waals surface area contributed by atoms with Crippen LogP contribution in [0.3, 0.4) is 0 Å². The van der Waals surface area contributed by atoms with E-state index >= 15 is 0 Å². The largest absolute Gasteiger partial charge is 0.353 e. The molecule has 0 atom stereocenters. The van der Waals surface area contributed by atoms with Gasteiger partial charge in [-0.2, -0.15) is 0 Å². The quantitative estimate of drug-likeness (QED) is 0.506. The summed E-state index contributed by atoms with van der Waals surface area (Å²) < 4.78 is 0. The molecule has 0 aromatic rings. The third kappa shape index (κ3) is 3.18. The van der Waals surface area contributed by atoms with Gasteiger partial charge >= 0.3 is 0 Å². The molecule has 0 aliphatic heterocycles. The van der Waals surface area contributed by atoms with Gasteiger partial charge < -0.3 is 10.6 Å². The number of quaternary nitrogens is 2. The van der Waals surface area contributed by atoms with Crippen molar-refractivity contribution in [2.45, 2.75) is 39.8 Å². The van der Waals surface area contributed by atoms with E-state index in [9.17, 15) is 0 Å². The molecule has 0 bridgehead atoms. The van der Waals surface area contributed by atoms with Crippen LogP contribution in [0.2, 0.25) is 0 Å². The zero-order chi connectivity index (χ0) is 8.15. The molecule has 0 aromatic heterocycles. The summed E-state index contributed by atoms with van der Waals surface area (Å²) in [7, 11) is 0. The molecule has 2 nitrogen and oxygen atoms in total. The van der Waals surface area contributed by atoms with Gasteiger partial charge in [0.2, 0.25) is 0 Å². The molecule has 4 N–H and O–H groups in total. The van der Waals surface area contributed by atoms with E-state index in [0.29, 0.717) is 0 Å². The number of hydrogen-bond donors (Lipinski definition) is 2. The van der Waals surface area contributed by atoms with Crippen LogP contribution in [0.1, 0.15) is 27.7 Å². The number of rotatable bonds is 4. The van der Waals surface area contributed by atoms with Crippen LogP contribution in [0.15, 0.2) is 0 Å². The van der Waals surface area contributed by atoms with Gasteiger partial charge in [0.1, 0.15) is 13.1 Å². The molecule has 0 radical (unpaired) electrons. The SMILES string of the molecule is CC(C)[NH+](CC[NH3+])C(C)C. The maximum atomic E-state index is 3.87. The van der Waals surface area contributed by atoms with E-state index in [0.717, 1.165) is 18.6 Å². The Bertz CT molecular complexity index is 71.3. The van der Waals surface area contributed by atoms with Crippen LogP contribution in [0.5, 0.6) is 0 Å². The molecule has 62 valence electrons. The second-order valence-corrected chi connectivity index (χ2v) is 3.49. The van der Waals surface area contributed by atoms with Crippen molar-refractivity contribution in [1.29, 1.82) is 0 Å².